The zero-order valence-electron chi connectivity index (χ0n) is 7.94. The van der Waals surface area contributed by atoms with Crippen molar-refractivity contribution in [3.8, 4) is 0 Å². The Balaban J connectivity index is 1.66. The third-order valence-corrected chi connectivity index (χ3v) is 2.31. The van der Waals surface area contributed by atoms with Crippen LogP contribution in [0.25, 0.3) is 0 Å². The molecule has 0 bridgehead atoms. The van der Waals surface area contributed by atoms with Crippen molar-refractivity contribution in [1.82, 2.24) is 20.4 Å². The van der Waals surface area contributed by atoms with Gasteiger partial charge >= 0.3 is 0 Å². The van der Waals surface area contributed by atoms with E-state index in [1.165, 1.54) is 0 Å². The molecule has 1 atom stereocenters. The van der Waals surface area contributed by atoms with E-state index in [-0.39, 0.29) is 11.9 Å². The minimum Gasteiger partial charge on any atom is -0.354 e. The van der Waals surface area contributed by atoms with E-state index in [4.69, 9.17) is 0 Å². The van der Waals surface area contributed by atoms with Crippen LogP contribution in [0, 0.1) is 0 Å². The minimum absolute atomic E-state index is 0.140. The van der Waals surface area contributed by atoms with E-state index in [1.54, 1.807) is 6.20 Å². The van der Waals surface area contributed by atoms with E-state index in [2.05, 4.69) is 15.7 Å². The van der Waals surface area contributed by atoms with Crippen LogP contribution in [-0.2, 0) is 11.3 Å². The fourth-order valence-electron chi connectivity index (χ4n) is 1.57. The fraction of sp³-hybridized carbons (Fsp3) is 0.556. The molecule has 14 heavy (non-hydrogen) atoms. The summed E-state index contributed by atoms with van der Waals surface area (Å²) in [4.78, 5) is 10.9. The quantitative estimate of drug-likeness (QED) is 0.670. The average molecular weight is 194 g/mol. The maximum atomic E-state index is 10.9. The Bertz CT molecular complexity index is 296. The number of nitrogens with one attached hydrogen (secondary N) is 2. The van der Waals surface area contributed by atoms with Crippen LogP contribution in [-0.4, -0.2) is 34.8 Å². The van der Waals surface area contributed by atoms with Crippen molar-refractivity contribution in [3.63, 3.8) is 0 Å². The fourth-order valence-corrected chi connectivity index (χ4v) is 1.57. The Morgan fingerprint density at radius 1 is 1.71 bits per heavy atom. The molecule has 2 N–H and O–H groups in total. The molecule has 5 nitrogen and oxygen atoms in total. The molecule has 2 heterocycles. The molecule has 0 saturated carbocycles. The molecule has 1 amide bonds. The van der Waals surface area contributed by atoms with E-state index in [0.717, 1.165) is 19.6 Å². The smallest absolute Gasteiger partial charge is 0.221 e. The number of carbonyl (C=O) groups excluding carboxylic acids is 1. The highest BCUT2D eigenvalue weighted by Gasteiger charge is 2.19. The molecule has 1 saturated heterocycles. The Hall–Kier alpha value is -1.36. The summed E-state index contributed by atoms with van der Waals surface area (Å²) in [6.07, 6.45) is 4.29. The van der Waals surface area contributed by atoms with Gasteiger partial charge in [0.2, 0.25) is 5.91 Å². The highest BCUT2D eigenvalue weighted by molar-refractivity contribution is 5.78. The van der Waals surface area contributed by atoms with Crippen molar-refractivity contribution in [1.29, 1.82) is 0 Å². The van der Waals surface area contributed by atoms with Crippen LogP contribution in [0.2, 0.25) is 0 Å². The van der Waals surface area contributed by atoms with Gasteiger partial charge in [0.15, 0.2) is 0 Å². The lowest BCUT2D eigenvalue weighted by Crippen LogP contribution is -2.33. The molecule has 0 aromatic carbocycles. The third kappa shape index (κ3) is 2.32. The Morgan fingerprint density at radius 3 is 3.29 bits per heavy atom. The molecule has 0 aliphatic carbocycles. The van der Waals surface area contributed by atoms with Crippen molar-refractivity contribution in [2.45, 2.75) is 19.0 Å². The molecule has 0 spiro atoms. The summed E-state index contributed by atoms with van der Waals surface area (Å²) < 4.78 is 1.87. The van der Waals surface area contributed by atoms with Crippen LogP contribution in [0.5, 0.6) is 0 Å². The Morgan fingerprint density at radius 2 is 2.64 bits per heavy atom. The number of nitrogens with zero attached hydrogens (tertiary/aromatic N) is 2. The van der Waals surface area contributed by atoms with Gasteiger partial charge in [-0.1, -0.05) is 0 Å². The standard InChI is InChI=1S/C9H14N4O/c14-9-6-8(7-11-9)10-3-5-13-4-1-2-12-13/h1-2,4,8,10H,3,5-7H2,(H,11,14). The first-order valence-corrected chi connectivity index (χ1v) is 4.82. The number of amides is 1. The molecule has 1 aromatic heterocycles. The molecule has 1 unspecified atom stereocenters. The van der Waals surface area contributed by atoms with Gasteiger partial charge in [0.05, 0.1) is 6.54 Å². The summed E-state index contributed by atoms with van der Waals surface area (Å²) in [6.45, 7) is 2.44. The van der Waals surface area contributed by atoms with Gasteiger partial charge in [-0.25, -0.2) is 0 Å². The average Bonchev–Trinajstić information content (AvgIpc) is 2.77. The van der Waals surface area contributed by atoms with E-state index in [9.17, 15) is 4.79 Å². The van der Waals surface area contributed by atoms with Gasteiger partial charge in [0, 0.05) is 37.9 Å². The lowest BCUT2D eigenvalue weighted by Gasteiger charge is -2.09. The van der Waals surface area contributed by atoms with Gasteiger partial charge in [0.25, 0.3) is 0 Å². The van der Waals surface area contributed by atoms with Crippen LogP contribution in [0.3, 0.4) is 0 Å². The third-order valence-electron chi connectivity index (χ3n) is 2.31. The molecule has 0 radical (unpaired) electrons. The van der Waals surface area contributed by atoms with Crippen LogP contribution in [0.15, 0.2) is 18.5 Å². The lowest BCUT2D eigenvalue weighted by molar-refractivity contribution is -0.119. The van der Waals surface area contributed by atoms with E-state index in [0.29, 0.717) is 6.42 Å². The second kappa shape index (κ2) is 4.23. The first-order valence-electron chi connectivity index (χ1n) is 4.82. The summed E-state index contributed by atoms with van der Waals surface area (Å²) in [6, 6.07) is 2.19. The molecule has 5 heteroatoms. The predicted molar refractivity (Wildman–Crippen MR) is 51.6 cm³/mol. The largest absolute Gasteiger partial charge is 0.354 e. The summed E-state index contributed by atoms with van der Waals surface area (Å²) in [5.41, 5.74) is 0. The second-order valence-electron chi connectivity index (χ2n) is 3.43. The van der Waals surface area contributed by atoms with Crippen molar-refractivity contribution in [2.24, 2.45) is 0 Å². The van der Waals surface area contributed by atoms with Crippen molar-refractivity contribution in [3.05, 3.63) is 18.5 Å². The van der Waals surface area contributed by atoms with Crippen LogP contribution >= 0.6 is 0 Å². The highest BCUT2D eigenvalue weighted by Crippen LogP contribution is 1.98. The van der Waals surface area contributed by atoms with Gasteiger partial charge < -0.3 is 10.6 Å². The van der Waals surface area contributed by atoms with Gasteiger partial charge in [0.1, 0.15) is 0 Å². The Labute approximate surface area is 82.5 Å². The maximum Gasteiger partial charge on any atom is 0.221 e. The SMILES string of the molecule is O=C1CC(NCCn2cccn2)CN1. The Kier molecular flexibility index (Phi) is 2.78. The van der Waals surface area contributed by atoms with E-state index in [1.807, 2.05) is 16.9 Å². The van der Waals surface area contributed by atoms with E-state index >= 15 is 0 Å². The van der Waals surface area contributed by atoms with Gasteiger partial charge in [-0.3, -0.25) is 9.48 Å². The lowest BCUT2D eigenvalue weighted by atomic mass is 10.2. The number of hydrogen-bond acceptors (Lipinski definition) is 3. The van der Waals surface area contributed by atoms with Crippen molar-refractivity contribution in [2.75, 3.05) is 13.1 Å². The van der Waals surface area contributed by atoms with E-state index < -0.39 is 0 Å². The first-order chi connectivity index (χ1) is 6.84. The summed E-state index contributed by atoms with van der Waals surface area (Å²) >= 11 is 0. The molecular formula is C9H14N4O. The monoisotopic (exact) mass is 194 g/mol. The number of carbonyl (C=O) groups is 1. The number of hydrogen-bond donors (Lipinski definition) is 2. The van der Waals surface area contributed by atoms with Gasteiger partial charge in [-0.2, -0.15) is 5.10 Å². The maximum absolute atomic E-state index is 10.9. The molecule has 76 valence electrons. The zero-order valence-corrected chi connectivity index (χ0v) is 7.94. The number of rotatable bonds is 4. The number of aromatic nitrogens is 2. The first kappa shape index (κ1) is 9.21. The van der Waals surface area contributed by atoms with Crippen molar-refractivity contribution >= 4 is 5.91 Å². The van der Waals surface area contributed by atoms with Crippen LogP contribution in [0.1, 0.15) is 6.42 Å². The highest BCUT2D eigenvalue weighted by atomic mass is 16.1. The van der Waals surface area contributed by atoms with Gasteiger partial charge in [-0.05, 0) is 6.07 Å². The van der Waals surface area contributed by atoms with Crippen LogP contribution < -0.4 is 10.6 Å². The molecule has 2 rings (SSSR count). The second-order valence-corrected chi connectivity index (χ2v) is 3.43. The van der Waals surface area contributed by atoms with Crippen LogP contribution in [0.4, 0.5) is 0 Å². The summed E-state index contributed by atoms with van der Waals surface area (Å²) in [5.74, 6) is 0.140. The topological polar surface area (TPSA) is 59.0 Å². The molecule has 1 aliphatic rings. The summed E-state index contributed by atoms with van der Waals surface area (Å²) in [5, 5.41) is 10.2. The summed E-state index contributed by atoms with van der Waals surface area (Å²) in [7, 11) is 0. The minimum atomic E-state index is 0.140. The predicted octanol–water partition coefficient (Wildman–Crippen LogP) is -0.639. The molecule has 1 fully saturated rings. The normalized spacial score (nSPS) is 21.1. The van der Waals surface area contributed by atoms with Gasteiger partial charge in [-0.15, -0.1) is 0 Å². The molecule has 1 aliphatic heterocycles. The van der Waals surface area contributed by atoms with Crippen molar-refractivity contribution < 1.29 is 4.79 Å². The molecule has 1 aromatic rings. The zero-order chi connectivity index (χ0) is 9.80. The molecular weight excluding hydrogens is 180 g/mol.